The van der Waals surface area contributed by atoms with Gasteiger partial charge in [0.1, 0.15) is 5.69 Å². The maximum atomic E-state index is 11.2. The zero-order chi connectivity index (χ0) is 10.1. The number of hydrogen-bond donors (Lipinski definition) is 0. The molecule has 2 aromatic rings. The van der Waals surface area contributed by atoms with E-state index in [9.17, 15) is 4.79 Å². The summed E-state index contributed by atoms with van der Waals surface area (Å²) in [6, 6.07) is 9.64. The van der Waals surface area contributed by atoms with E-state index in [4.69, 9.17) is 0 Å². The Labute approximate surface area is 90.1 Å². The lowest BCUT2D eigenvalue weighted by molar-refractivity contribution is 0.101. The molecular weight excluding hydrogens is 242 g/mol. The number of halogens is 1. The van der Waals surface area contributed by atoms with Crippen molar-refractivity contribution in [2.24, 2.45) is 0 Å². The van der Waals surface area contributed by atoms with Crippen LogP contribution in [0.1, 0.15) is 17.4 Å². The Kier molecular flexibility index (Phi) is 2.33. The number of carbonyl (C=O) groups is 1. The molecule has 0 saturated carbocycles. The van der Waals surface area contributed by atoms with Crippen molar-refractivity contribution in [3.63, 3.8) is 0 Å². The van der Waals surface area contributed by atoms with E-state index in [1.165, 1.54) is 6.92 Å². The SMILES string of the molecule is CC(=O)c1nc2ccccc2cc1Br. The van der Waals surface area contributed by atoms with Crippen molar-refractivity contribution in [1.29, 1.82) is 0 Å². The summed E-state index contributed by atoms with van der Waals surface area (Å²) in [7, 11) is 0. The summed E-state index contributed by atoms with van der Waals surface area (Å²) in [5.41, 5.74) is 1.34. The van der Waals surface area contributed by atoms with E-state index in [2.05, 4.69) is 20.9 Å². The van der Waals surface area contributed by atoms with E-state index in [0.29, 0.717) is 5.69 Å². The van der Waals surface area contributed by atoms with Crippen LogP contribution in [0.25, 0.3) is 10.9 Å². The topological polar surface area (TPSA) is 30.0 Å². The van der Waals surface area contributed by atoms with Crippen molar-refractivity contribution >= 4 is 32.6 Å². The molecule has 0 fully saturated rings. The molecule has 1 aromatic heterocycles. The van der Waals surface area contributed by atoms with Gasteiger partial charge in [0.05, 0.1) is 5.52 Å². The Morgan fingerprint density at radius 2 is 2.07 bits per heavy atom. The van der Waals surface area contributed by atoms with Crippen LogP contribution in [0.3, 0.4) is 0 Å². The van der Waals surface area contributed by atoms with Gasteiger partial charge in [0.25, 0.3) is 0 Å². The average Bonchev–Trinajstić information content (AvgIpc) is 2.16. The van der Waals surface area contributed by atoms with E-state index in [1.807, 2.05) is 30.3 Å². The normalized spacial score (nSPS) is 10.4. The van der Waals surface area contributed by atoms with Crippen molar-refractivity contribution in [1.82, 2.24) is 4.98 Å². The predicted octanol–water partition coefficient (Wildman–Crippen LogP) is 3.20. The molecule has 0 unspecified atom stereocenters. The number of para-hydroxylation sites is 1. The first-order valence-electron chi connectivity index (χ1n) is 4.25. The van der Waals surface area contributed by atoms with Gasteiger partial charge in [0.15, 0.2) is 5.78 Å². The lowest BCUT2D eigenvalue weighted by Gasteiger charge is -2.02. The van der Waals surface area contributed by atoms with Gasteiger partial charge < -0.3 is 0 Å². The monoisotopic (exact) mass is 249 g/mol. The molecule has 2 rings (SSSR count). The summed E-state index contributed by atoms with van der Waals surface area (Å²) < 4.78 is 0.753. The van der Waals surface area contributed by atoms with Gasteiger partial charge in [-0.3, -0.25) is 4.79 Å². The molecule has 0 aliphatic rings. The molecule has 0 bridgehead atoms. The van der Waals surface area contributed by atoms with Crippen LogP contribution < -0.4 is 0 Å². The van der Waals surface area contributed by atoms with Crippen LogP contribution in [-0.4, -0.2) is 10.8 Å². The van der Waals surface area contributed by atoms with Crippen molar-refractivity contribution < 1.29 is 4.79 Å². The number of fused-ring (bicyclic) bond motifs is 1. The van der Waals surface area contributed by atoms with E-state index >= 15 is 0 Å². The van der Waals surface area contributed by atoms with Gasteiger partial charge in [-0.2, -0.15) is 0 Å². The van der Waals surface area contributed by atoms with Crippen molar-refractivity contribution in [3.8, 4) is 0 Å². The van der Waals surface area contributed by atoms with Crippen LogP contribution in [-0.2, 0) is 0 Å². The maximum Gasteiger partial charge on any atom is 0.179 e. The first-order chi connectivity index (χ1) is 6.68. The molecule has 0 aliphatic carbocycles. The molecule has 0 N–H and O–H groups in total. The molecule has 0 aliphatic heterocycles. The third kappa shape index (κ3) is 1.55. The van der Waals surface area contributed by atoms with Crippen molar-refractivity contribution in [3.05, 3.63) is 40.5 Å². The predicted molar refractivity (Wildman–Crippen MR) is 59.4 cm³/mol. The zero-order valence-corrected chi connectivity index (χ0v) is 9.21. The quantitative estimate of drug-likeness (QED) is 0.727. The Morgan fingerprint density at radius 1 is 1.36 bits per heavy atom. The molecule has 0 amide bonds. The third-order valence-electron chi connectivity index (χ3n) is 2.01. The number of nitrogens with zero attached hydrogens (tertiary/aromatic N) is 1. The van der Waals surface area contributed by atoms with Crippen LogP contribution in [0.4, 0.5) is 0 Å². The minimum Gasteiger partial charge on any atom is -0.293 e. The molecule has 70 valence electrons. The van der Waals surface area contributed by atoms with Gasteiger partial charge in [0.2, 0.25) is 0 Å². The smallest absolute Gasteiger partial charge is 0.179 e. The molecule has 2 nitrogen and oxygen atoms in total. The number of hydrogen-bond acceptors (Lipinski definition) is 2. The number of benzene rings is 1. The lowest BCUT2D eigenvalue weighted by atomic mass is 10.2. The highest BCUT2D eigenvalue weighted by Gasteiger charge is 2.07. The average molecular weight is 250 g/mol. The molecule has 1 heterocycles. The second-order valence-electron chi connectivity index (χ2n) is 3.07. The molecule has 0 saturated heterocycles. The molecule has 0 radical (unpaired) electrons. The Bertz CT molecular complexity index is 508. The number of ketones is 1. The summed E-state index contributed by atoms with van der Waals surface area (Å²) in [5, 5.41) is 1.03. The van der Waals surface area contributed by atoms with Crippen LogP contribution in [0.15, 0.2) is 34.8 Å². The van der Waals surface area contributed by atoms with Crippen molar-refractivity contribution in [2.45, 2.75) is 6.92 Å². The molecule has 0 spiro atoms. The molecular formula is C11H8BrNO. The minimum atomic E-state index is -0.0253. The van der Waals surface area contributed by atoms with E-state index in [-0.39, 0.29) is 5.78 Å². The molecule has 0 atom stereocenters. The Hall–Kier alpha value is -1.22. The first-order valence-corrected chi connectivity index (χ1v) is 5.04. The lowest BCUT2D eigenvalue weighted by Crippen LogP contribution is -1.98. The molecule has 14 heavy (non-hydrogen) atoms. The number of aromatic nitrogens is 1. The number of Topliss-reactive ketones (excluding diaryl/α,β-unsaturated/α-hetero) is 1. The Morgan fingerprint density at radius 3 is 2.79 bits per heavy atom. The van der Waals surface area contributed by atoms with Gasteiger partial charge in [0, 0.05) is 16.8 Å². The number of pyridine rings is 1. The highest BCUT2D eigenvalue weighted by molar-refractivity contribution is 9.10. The van der Waals surface area contributed by atoms with E-state index < -0.39 is 0 Å². The van der Waals surface area contributed by atoms with Crippen LogP contribution >= 0.6 is 15.9 Å². The summed E-state index contributed by atoms with van der Waals surface area (Å²) in [6.45, 7) is 1.52. The standard InChI is InChI=1S/C11H8BrNO/c1-7(14)11-9(12)6-8-4-2-3-5-10(8)13-11/h2-6H,1H3. The van der Waals surface area contributed by atoms with Crippen LogP contribution in [0.2, 0.25) is 0 Å². The summed E-state index contributed by atoms with van der Waals surface area (Å²) in [6.07, 6.45) is 0. The van der Waals surface area contributed by atoms with Crippen molar-refractivity contribution in [2.75, 3.05) is 0 Å². The minimum absolute atomic E-state index is 0.0253. The highest BCUT2D eigenvalue weighted by atomic mass is 79.9. The van der Waals surface area contributed by atoms with Gasteiger partial charge in [-0.15, -0.1) is 0 Å². The van der Waals surface area contributed by atoms with Crippen LogP contribution in [0, 0.1) is 0 Å². The Balaban J connectivity index is 2.77. The third-order valence-corrected chi connectivity index (χ3v) is 2.62. The maximum absolute atomic E-state index is 11.2. The summed E-state index contributed by atoms with van der Waals surface area (Å²) >= 11 is 3.33. The second-order valence-corrected chi connectivity index (χ2v) is 3.92. The summed E-state index contributed by atoms with van der Waals surface area (Å²) in [5.74, 6) is -0.0253. The second kappa shape index (κ2) is 3.50. The van der Waals surface area contributed by atoms with E-state index in [0.717, 1.165) is 15.4 Å². The largest absolute Gasteiger partial charge is 0.293 e. The number of rotatable bonds is 1. The van der Waals surface area contributed by atoms with Gasteiger partial charge in [-0.1, -0.05) is 18.2 Å². The van der Waals surface area contributed by atoms with E-state index in [1.54, 1.807) is 0 Å². The fourth-order valence-electron chi connectivity index (χ4n) is 1.34. The zero-order valence-electron chi connectivity index (χ0n) is 7.62. The summed E-state index contributed by atoms with van der Waals surface area (Å²) in [4.78, 5) is 15.5. The molecule has 1 aromatic carbocycles. The van der Waals surface area contributed by atoms with Gasteiger partial charge in [-0.05, 0) is 28.1 Å². The molecule has 3 heteroatoms. The fraction of sp³-hybridized carbons (Fsp3) is 0.0909. The fourth-order valence-corrected chi connectivity index (χ4v) is 1.95. The van der Waals surface area contributed by atoms with Gasteiger partial charge in [-0.25, -0.2) is 4.98 Å². The highest BCUT2D eigenvalue weighted by Crippen LogP contribution is 2.21. The van der Waals surface area contributed by atoms with Gasteiger partial charge >= 0.3 is 0 Å². The number of carbonyl (C=O) groups excluding carboxylic acids is 1. The van der Waals surface area contributed by atoms with Crippen LogP contribution in [0.5, 0.6) is 0 Å². The first kappa shape index (κ1) is 9.34.